The van der Waals surface area contributed by atoms with Gasteiger partial charge in [0.25, 0.3) is 0 Å². The summed E-state index contributed by atoms with van der Waals surface area (Å²) >= 11 is 3.56. The summed E-state index contributed by atoms with van der Waals surface area (Å²) in [6.45, 7) is 4.84. The molecule has 0 rings (SSSR count). The molecule has 0 aliphatic rings. The quantitative estimate of drug-likeness (QED) is 0.663. The van der Waals surface area contributed by atoms with Crippen LogP contribution in [-0.2, 0) is 0 Å². The fourth-order valence-corrected chi connectivity index (χ4v) is 2.72. The van der Waals surface area contributed by atoms with Crippen molar-refractivity contribution in [2.45, 2.75) is 24.3 Å². The molecule has 0 bridgehead atoms. The van der Waals surface area contributed by atoms with Crippen LogP contribution in [0.2, 0.25) is 0 Å². The lowest BCUT2D eigenvalue weighted by Gasteiger charge is -2.17. The van der Waals surface area contributed by atoms with Crippen molar-refractivity contribution in [2.75, 3.05) is 24.7 Å². The van der Waals surface area contributed by atoms with Gasteiger partial charge in [-0.3, -0.25) is 0 Å². The van der Waals surface area contributed by atoms with Crippen molar-refractivity contribution < 1.29 is 10.2 Å². The maximum atomic E-state index is 8.61. The Bertz CT molecular complexity index is 89.1. The van der Waals surface area contributed by atoms with Crippen molar-refractivity contribution in [1.82, 2.24) is 0 Å². The van der Waals surface area contributed by atoms with E-state index >= 15 is 0 Å². The largest absolute Gasteiger partial charge is 0.396 e. The van der Waals surface area contributed by atoms with Crippen molar-refractivity contribution in [1.29, 1.82) is 0 Å². The van der Waals surface area contributed by atoms with Crippen LogP contribution in [0.5, 0.6) is 0 Å². The van der Waals surface area contributed by atoms with E-state index in [1.807, 2.05) is 0 Å². The Morgan fingerprint density at radius 1 is 0.917 bits per heavy atom. The van der Waals surface area contributed by atoms with E-state index in [1.54, 1.807) is 23.5 Å². The van der Waals surface area contributed by atoms with Crippen LogP contribution in [0.15, 0.2) is 0 Å². The Labute approximate surface area is 83.1 Å². The highest BCUT2D eigenvalue weighted by Gasteiger charge is 2.11. The summed E-state index contributed by atoms with van der Waals surface area (Å²) < 4.78 is 0. The fourth-order valence-electron chi connectivity index (χ4n) is 0.748. The van der Waals surface area contributed by atoms with Crippen molar-refractivity contribution >= 4 is 23.5 Å². The lowest BCUT2D eigenvalue weighted by molar-refractivity contribution is 0.322. The van der Waals surface area contributed by atoms with Crippen molar-refractivity contribution in [3.05, 3.63) is 0 Å². The van der Waals surface area contributed by atoms with Gasteiger partial charge in [0.05, 0.1) is 13.2 Å². The molecule has 74 valence electrons. The fraction of sp³-hybridized carbons (Fsp3) is 1.00. The molecule has 4 heteroatoms. The second kappa shape index (κ2) is 8.23. The van der Waals surface area contributed by atoms with E-state index in [1.165, 1.54) is 0 Å². The standard InChI is InChI=1S/C8H18O2S2/c1-7(11-5-3-9)8(2)12-6-4-10/h7-10H,3-6H2,1-2H3. The molecule has 2 atom stereocenters. The van der Waals surface area contributed by atoms with Crippen LogP contribution in [0.4, 0.5) is 0 Å². The number of thioether (sulfide) groups is 2. The van der Waals surface area contributed by atoms with E-state index in [0.29, 0.717) is 10.5 Å². The van der Waals surface area contributed by atoms with E-state index in [0.717, 1.165) is 11.5 Å². The van der Waals surface area contributed by atoms with Crippen molar-refractivity contribution in [2.24, 2.45) is 0 Å². The first-order valence-electron chi connectivity index (χ1n) is 4.17. The lowest BCUT2D eigenvalue weighted by atomic mass is 10.4. The van der Waals surface area contributed by atoms with E-state index in [-0.39, 0.29) is 13.2 Å². The molecule has 0 fully saturated rings. The summed E-state index contributed by atoms with van der Waals surface area (Å²) in [5, 5.41) is 18.3. The van der Waals surface area contributed by atoms with Crippen molar-refractivity contribution in [3.8, 4) is 0 Å². The molecule has 12 heavy (non-hydrogen) atoms. The van der Waals surface area contributed by atoms with Crippen LogP contribution < -0.4 is 0 Å². The molecule has 0 saturated heterocycles. The summed E-state index contributed by atoms with van der Waals surface area (Å²) in [5.74, 6) is 1.62. The SMILES string of the molecule is CC(SCCO)C(C)SCCO. The minimum absolute atomic E-state index is 0.256. The average molecular weight is 210 g/mol. The molecule has 0 aliphatic carbocycles. The van der Waals surface area contributed by atoms with Crippen molar-refractivity contribution in [3.63, 3.8) is 0 Å². The smallest absolute Gasteiger partial charge is 0.0521 e. The second-order valence-electron chi connectivity index (χ2n) is 2.60. The van der Waals surface area contributed by atoms with Gasteiger partial charge in [-0.15, -0.1) is 0 Å². The van der Waals surface area contributed by atoms with Gasteiger partial charge in [-0.25, -0.2) is 0 Å². The molecule has 0 radical (unpaired) electrons. The minimum Gasteiger partial charge on any atom is -0.396 e. The van der Waals surface area contributed by atoms with Gasteiger partial charge in [-0.05, 0) is 0 Å². The molecule has 2 nitrogen and oxygen atoms in total. The minimum atomic E-state index is 0.256. The number of aliphatic hydroxyl groups excluding tert-OH is 2. The summed E-state index contributed by atoms with van der Waals surface area (Å²) in [6, 6.07) is 0. The molecule has 0 spiro atoms. The number of rotatable bonds is 7. The summed E-state index contributed by atoms with van der Waals surface area (Å²) in [4.78, 5) is 0. The average Bonchev–Trinajstić information content (AvgIpc) is 2.10. The third-order valence-electron chi connectivity index (χ3n) is 1.61. The molecule has 0 heterocycles. The lowest BCUT2D eigenvalue weighted by Crippen LogP contribution is -2.15. The highest BCUT2D eigenvalue weighted by molar-refractivity contribution is 8.03. The van der Waals surface area contributed by atoms with Crippen LogP contribution in [0.1, 0.15) is 13.8 Å². The van der Waals surface area contributed by atoms with Gasteiger partial charge in [0, 0.05) is 22.0 Å². The van der Waals surface area contributed by atoms with E-state index in [4.69, 9.17) is 10.2 Å². The van der Waals surface area contributed by atoms with Gasteiger partial charge in [0.15, 0.2) is 0 Å². The normalized spacial score (nSPS) is 16.0. The summed E-state index contributed by atoms with van der Waals surface area (Å²) in [6.07, 6.45) is 0. The van der Waals surface area contributed by atoms with Gasteiger partial charge in [-0.1, -0.05) is 13.8 Å². The van der Waals surface area contributed by atoms with Crippen LogP contribution in [0, 0.1) is 0 Å². The number of aliphatic hydroxyl groups is 2. The number of hydrogen-bond donors (Lipinski definition) is 2. The molecule has 0 saturated carbocycles. The molecular formula is C8H18O2S2. The van der Waals surface area contributed by atoms with Crippen LogP contribution in [-0.4, -0.2) is 45.4 Å². The van der Waals surface area contributed by atoms with Gasteiger partial charge in [0.1, 0.15) is 0 Å². The molecular weight excluding hydrogens is 192 g/mol. The maximum absolute atomic E-state index is 8.61. The molecule has 2 N–H and O–H groups in total. The Balaban J connectivity index is 3.39. The predicted molar refractivity (Wildman–Crippen MR) is 58.0 cm³/mol. The third kappa shape index (κ3) is 6.17. The third-order valence-corrected chi connectivity index (χ3v) is 4.48. The molecule has 0 aromatic heterocycles. The zero-order chi connectivity index (χ0) is 9.40. The van der Waals surface area contributed by atoms with Crippen LogP contribution >= 0.6 is 23.5 Å². The van der Waals surface area contributed by atoms with Crippen LogP contribution in [0.25, 0.3) is 0 Å². The zero-order valence-electron chi connectivity index (χ0n) is 7.69. The summed E-state index contributed by atoms with van der Waals surface area (Å²) in [7, 11) is 0. The van der Waals surface area contributed by atoms with Gasteiger partial charge in [-0.2, -0.15) is 23.5 Å². The molecule has 0 aromatic carbocycles. The topological polar surface area (TPSA) is 40.5 Å². The highest BCUT2D eigenvalue weighted by atomic mass is 32.2. The van der Waals surface area contributed by atoms with E-state index in [2.05, 4.69) is 13.8 Å². The molecule has 2 unspecified atom stereocenters. The summed E-state index contributed by atoms with van der Waals surface area (Å²) in [5.41, 5.74) is 0. The Morgan fingerprint density at radius 2 is 1.25 bits per heavy atom. The van der Waals surface area contributed by atoms with Gasteiger partial charge >= 0.3 is 0 Å². The molecule has 0 amide bonds. The van der Waals surface area contributed by atoms with E-state index < -0.39 is 0 Å². The Morgan fingerprint density at radius 3 is 1.50 bits per heavy atom. The molecule has 0 aromatic rings. The first-order valence-corrected chi connectivity index (χ1v) is 6.27. The second-order valence-corrected chi connectivity index (χ2v) is 5.57. The van der Waals surface area contributed by atoms with Gasteiger partial charge in [0.2, 0.25) is 0 Å². The maximum Gasteiger partial charge on any atom is 0.0521 e. The monoisotopic (exact) mass is 210 g/mol. The predicted octanol–water partition coefficient (Wildman–Crippen LogP) is 1.21. The Hall–Kier alpha value is 0.620. The number of hydrogen-bond acceptors (Lipinski definition) is 4. The van der Waals surface area contributed by atoms with Gasteiger partial charge < -0.3 is 10.2 Å². The zero-order valence-corrected chi connectivity index (χ0v) is 9.33. The van der Waals surface area contributed by atoms with Crippen LogP contribution in [0.3, 0.4) is 0 Å². The highest BCUT2D eigenvalue weighted by Crippen LogP contribution is 2.23. The Kier molecular flexibility index (Phi) is 8.65. The molecule has 0 aliphatic heterocycles. The first-order chi connectivity index (χ1) is 5.72. The first kappa shape index (κ1) is 12.6. The van der Waals surface area contributed by atoms with E-state index in [9.17, 15) is 0 Å².